The molecule has 0 bridgehead atoms. The number of amides is 1. The van der Waals surface area contributed by atoms with E-state index in [1.807, 2.05) is 6.92 Å². The Morgan fingerprint density at radius 1 is 1.00 bits per heavy atom. The lowest BCUT2D eigenvalue weighted by Crippen LogP contribution is -2.29. The standard InChI is InChI=1S/C17H14F3NO/c1-9-14(10-5-7-11(18)8-6-10)16(9)21-17(22)15-12(19)3-2-4-13(15)20/h2-9,14,16H,1H3,(H,21,22)/t9-,14-,16-/m1/s1. The van der Waals surface area contributed by atoms with Crippen LogP contribution in [0.3, 0.4) is 0 Å². The first-order chi connectivity index (χ1) is 10.5. The summed E-state index contributed by atoms with van der Waals surface area (Å²) in [5.74, 6) is -2.71. The SMILES string of the molecule is C[C@H]1[C@@H](NC(=O)c2c(F)cccc2F)[C@H]1c1ccc(F)cc1. The fraction of sp³-hybridized carbons (Fsp3) is 0.235. The van der Waals surface area contributed by atoms with Gasteiger partial charge in [-0.2, -0.15) is 0 Å². The summed E-state index contributed by atoms with van der Waals surface area (Å²) in [6, 6.07) is 9.13. The highest BCUT2D eigenvalue weighted by Gasteiger charge is 2.48. The summed E-state index contributed by atoms with van der Waals surface area (Å²) in [5.41, 5.74) is 0.327. The first-order valence-electron chi connectivity index (χ1n) is 6.99. The molecule has 0 saturated heterocycles. The molecule has 1 amide bonds. The fourth-order valence-corrected chi connectivity index (χ4v) is 2.82. The molecular formula is C17H14F3NO. The van der Waals surface area contributed by atoms with Gasteiger partial charge in [0.2, 0.25) is 0 Å². The van der Waals surface area contributed by atoms with E-state index in [2.05, 4.69) is 5.32 Å². The molecular weight excluding hydrogens is 291 g/mol. The molecule has 0 spiro atoms. The predicted octanol–water partition coefficient (Wildman–Crippen LogP) is 3.64. The highest BCUT2D eigenvalue weighted by molar-refractivity contribution is 5.95. The van der Waals surface area contributed by atoms with E-state index in [1.165, 1.54) is 18.2 Å². The molecule has 1 saturated carbocycles. The topological polar surface area (TPSA) is 29.1 Å². The van der Waals surface area contributed by atoms with Gasteiger partial charge in [-0.1, -0.05) is 25.1 Å². The van der Waals surface area contributed by atoms with Crippen molar-refractivity contribution in [2.75, 3.05) is 0 Å². The van der Waals surface area contributed by atoms with Crippen LogP contribution in [0.2, 0.25) is 0 Å². The van der Waals surface area contributed by atoms with E-state index < -0.39 is 23.1 Å². The van der Waals surface area contributed by atoms with Crippen LogP contribution in [0.4, 0.5) is 13.2 Å². The van der Waals surface area contributed by atoms with Gasteiger partial charge in [-0.15, -0.1) is 0 Å². The summed E-state index contributed by atoms with van der Waals surface area (Å²) in [6.07, 6.45) is 0. The molecule has 3 atom stereocenters. The molecule has 0 unspecified atom stereocenters. The van der Waals surface area contributed by atoms with Gasteiger partial charge in [-0.05, 0) is 35.7 Å². The van der Waals surface area contributed by atoms with Gasteiger partial charge < -0.3 is 5.32 Å². The summed E-state index contributed by atoms with van der Waals surface area (Å²) >= 11 is 0. The van der Waals surface area contributed by atoms with E-state index in [0.29, 0.717) is 0 Å². The predicted molar refractivity (Wildman–Crippen MR) is 75.9 cm³/mol. The number of benzene rings is 2. The normalized spacial score (nSPS) is 23.2. The number of halogens is 3. The zero-order valence-electron chi connectivity index (χ0n) is 11.8. The molecule has 2 aromatic carbocycles. The molecule has 0 radical (unpaired) electrons. The van der Waals surface area contributed by atoms with Crippen LogP contribution < -0.4 is 5.32 Å². The monoisotopic (exact) mass is 305 g/mol. The van der Waals surface area contributed by atoms with Crippen LogP contribution in [0.25, 0.3) is 0 Å². The van der Waals surface area contributed by atoms with Crippen LogP contribution in [0.1, 0.15) is 28.8 Å². The van der Waals surface area contributed by atoms with Crippen LogP contribution in [0, 0.1) is 23.4 Å². The number of hydrogen-bond donors (Lipinski definition) is 1. The van der Waals surface area contributed by atoms with Crippen molar-refractivity contribution in [2.24, 2.45) is 5.92 Å². The molecule has 0 heterocycles. The molecule has 114 valence electrons. The van der Waals surface area contributed by atoms with Crippen molar-refractivity contribution in [2.45, 2.75) is 18.9 Å². The second-order valence-corrected chi connectivity index (χ2v) is 5.53. The van der Waals surface area contributed by atoms with Gasteiger partial charge >= 0.3 is 0 Å². The second-order valence-electron chi connectivity index (χ2n) is 5.53. The molecule has 1 N–H and O–H groups in total. The van der Waals surface area contributed by atoms with Gasteiger partial charge in [0.1, 0.15) is 23.0 Å². The van der Waals surface area contributed by atoms with E-state index >= 15 is 0 Å². The minimum Gasteiger partial charge on any atom is -0.348 e. The molecule has 1 aliphatic rings. The minimum absolute atomic E-state index is 0.0272. The van der Waals surface area contributed by atoms with Gasteiger partial charge in [0, 0.05) is 12.0 Å². The van der Waals surface area contributed by atoms with Crippen molar-refractivity contribution in [1.29, 1.82) is 0 Å². The Kier molecular flexibility index (Phi) is 3.64. The Morgan fingerprint density at radius 3 is 2.18 bits per heavy atom. The van der Waals surface area contributed by atoms with Crippen molar-refractivity contribution < 1.29 is 18.0 Å². The highest BCUT2D eigenvalue weighted by atomic mass is 19.1. The van der Waals surface area contributed by atoms with Crippen LogP contribution in [0.5, 0.6) is 0 Å². The largest absolute Gasteiger partial charge is 0.348 e. The molecule has 22 heavy (non-hydrogen) atoms. The van der Waals surface area contributed by atoms with E-state index in [4.69, 9.17) is 0 Å². The zero-order chi connectivity index (χ0) is 15.9. The Morgan fingerprint density at radius 2 is 1.59 bits per heavy atom. The van der Waals surface area contributed by atoms with Crippen LogP contribution in [0.15, 0.2) is 42.5 Å². The Bertz CT molecular complexity index is 694. The smallest absolute Gasteiger partial charge is 0.257 e. The summed E-state index contributed by atoms with van der Waals surface area (Å²) in [5, 5.41) is 2.65. The van der Waals surface area contributed by atoms with Gasteiger partial charge in [0.15, 0.2) is 0 Å². The van der Waals surface area contributed by atoms with Crippen molar-refractivity contribution in [3.8, 4) is 0 Å². The molecule has 1 aliphatic carbocycles. The van der Waals surface area contributed by atoms with Crippen LogP contribution in [-0.2, 0) is 0 Å². The summed E-state index contributed by atoms with van der Waals surface area (Å²) < 4.78 is 40.1. The average Bonchev–Trinajstić information content (AvgIpc) is 3.09. The third kappa shape index (κ3) is 2.58. The van der Waals surface area contributed by atoms with Crippen LogP contribution >= 0.6 is 0 Å². The van der Waals surface area contributed by atoms with E-state index in [1.54, 1.807) is 12.1 Å². The second kappa shape index (κ2) is 5.48. The molecule has 3 rings (SSSR count). The number of nitrogens with one attached hydrogen (secondary N) is 1. The first kappa shape index (κ1) is 14.6. The maximum absolute atomic E-state index is 13.6. The fourth-order valence-electron chi connectivity index (χ4n) is 2.82. The van der Waals surface area contributed by atoms with Crippen molar-refractivity contribution in [1.82, 2.24) is 5.32 Å². The van der Waals surface area contributed by atoms with Gasteiger partial charge in [0.05, 0.1) is 0 Å². The molecule has 2 nitrogen and oxygen atoms in total. The highest BCUT2D eigenvalue weighted by Crippen LogP contribution is 2.47. The summed E-state index contributed by atoms with van der Waals surface area (Å²) in [6.45, 7) is 1.93. The minimum atomic E-state index is -0.885. The van der Waals surface area contributed by atoms with Gasteiger partial charge in [-0.3, -0.25) is 4.79 Å². The molecule has 0 aromatic heterocycles. The molecule has 2 aromatic rings. The van der Waals surface area contributed by atoms with Gasteiger partial charge in [-0.25, -0.2) is 13.2 Å². The van der Waals surface area contributed by atoms with E-state index in [-0.39, 0.29) is 23.7 Å². The average molecular weight is 305 g/mol. The zero-order valence-corrected chi connectivity index (χ0v) is 11.8. The Labute approximate surface area is 126 Å². The van der Waals surface area contributed by atoms with E-state index in [0.717, 1.165) is 17.7 Å². The quantitative estimate of drug-likeness (QED) is 0.921. The number of carbonyl (C=O) groups excluding carboxylic acids is 1. The van der Waals surface area contributed by atoms with E-state index in [9.17, 15) is 18.0 Å². The van der Waals surface area contributed by atoms with Crippen molar-refractivity contribution >= 4 is 5.91 Å². The molecule has 0 aliphatic heterocycles. The number of rotatable bonds is 3. The lowest BCUT2D eigenvalue weighted by molar-refractivity contribution is 0.0940. The molecule has 1 fully saturated rings. The number of carbonyl (C=O) groups is 1. The summed E-state index contributed by atoms with van der Waals surface area (Å²) in [4.78, 5) is 12.1. The maximum Gasteiger partial charge on any atom is 0.257 e. The third-order valence-electron chi connectivity index (χ3n) is 4.12. The maximum atomic E-state index is 13.6. The first-order valence-corrected chi connectivity index (χ1v) is 6.99. The third-order valence-corrected chi connectivity index (χ3v) is 4.12. The number of hydrogen-bond acceptors (Lipinski definition) is 1. The van der Waals surface area contributed by atoms with Crippen LogP contribution in [-0.4, -0.2) is 11.9 Å². The Balaban J connectivity index is 1.74. The lowest BCUT2D eigenvalue weighted by Gasteiger charge is -2.07. The Hall–Kier alpha value is -2.30. The van der Waals surface area contributed by atoms with Crippen molar-refractivity contribution in [3.63, 3.8) is 0 Å². The summed E-state index contributed by atoms with van der Waals surface area (Å²) in [7, 11) is 0. The van der Waals surface area contributed by atoms with Gasteiger partial charge in [0.25, 0.3) is 5.91 Å². The lowest BCUT2D eigenvalue weighted by atomic mass is 10.1. The van der Waals surface area contributed by atoms with Crippen molar-refractivity contribution in [3.05, 3.63) is 71.0 Å². The molecule has 5 heteroatoms.